The van der Waals surface area contributed by atoms with Crippen molar-refractivity contribution in [3.05, 3.63) is 28.8 Å². The van der Waals surface area contributed by atoms with Crippen LogP contribution in [0.5, 0.6) is 5.75 Å². The third-order valence-electron chi connectivity index (χ3n) is 4.37. The molecule has 0 spiro atoms. The van der Waals surface area contributed by atoms with E-state index in [0.29, 0.717) is 17.5 Å². The normalized spacial score (nSPS) is 24.6. The molecular weight excluding hydrogens is 288 g/mol. The van der Waals surface area contributed by atoms with Crippen molar-refractivity contribution < 1.29 is 9.53 Å². The number of carbonyl (C=O) groups excluding carboxylic acids is 1. The maximum atomic E-state index is 12.6. The van der Waals surface area contributed by atoms with Crippen molar-refractivity contribution in [1.29, 1.82) is 0 Å². The van der Waals surface area contributed by atoms with Crippen LogP contribution < -0.4 is 10.1 Å². The van der Waals surface area contributed by atoms with Crippen LogP contribution >= 0.6 is 11.6 Å². The summed E-state index contributed by atoms with van der Waals surface area (Å²) in [6, 6.07) is 5.62. The van der Waals surface area contributed by atoms with Crippen molar-refractivity contribution in [3.63, 3.8) is 0 Å². The van der Waals surface area contributed by atoms with Crippen LogP contribution in [0.1, 0.15) is 12.0 Å². The Balaban J connectivity index is 1.64. The van der Waals surface area contributed by atoms with Crippen molar-refractivity contribution in [1.82, 2.24) is 10.2 Å². The molecule has 0 radical (unpaired) electrons. The molecule has 4 nitrogen and oxygen atoms in total. The molecule has 2 heterocycles. The first-order valence-electron chi connectivity index (χ1n) is 7.52. The van der Waals surface area contributed by atoms with E-state index >= 15 is 0 Å². The molecule has 1 N–H and O–H groups in total. The molecule has 1 saturated heterocycles. The Kier molecular flexibility index (Phi) is 4.36. The lowest BCUT2D eigenvalue weighted by molar-refractivity contribution is -0.135. The van der Waals surface area contributed by atoms with E-state index in [4.69, 9.17) is 16.3 Å². The number of carbonyl (C=O) groups is 1. The highest BCUT2D eigenvalue weighted by molar-refractivity contribution is 6.30. The molecule has 2 aliphatic heterocycles. The molecule has 0 bridgehead atoms. The fourth-order valence-corrected chi connectivity index (χ4v) is 3.46. The minimum atomic E-state index is -0.0793. The number of rotatable bonds is 3. The van der Waals surface area contributed by atoms with Gasteiger partial charge in [0.15, 0.2) is 0 Å². The number of ether oxygens (including phenoxy) is 1. The van der Waals surface area contributed by atoms with Crippen LogP contribution in [0.25, 0.3) is 0 Å². The molecule has 0 aromatic heterocycles. The van der Waals surface area contributed by atoms with Gasteiger partial charge in [0.05, 0.1) is 5.92 Å². The number of hydrogen-bond donors (Lipinski definition) is 1. The van der Waals surface area contributed by atoms with Crippen molar-refractivity contribution in [2.24, 2.45) is 11.8 Å². The van der Waals surface area contributed by atoms with Gasteiger partial charge < -0.3 is 15.0 Å². The van der Waals surface area contributed by atoms with Crippen LogP contribution in [0.15, 0.2) is 18.2 Å². The molecular formula is C16H21ClN2O2. The smallest absolute Gasteiger partial charge is 0.229 e. The number of nitrogens with one attached hydrogen (secondary N) is 1. The fourth-order valence-electron chi connectivity index (χ4n) is 3.27. The van der Waals surface area contributed by atoms with Crippen LogP contribution in [-0.4, -0.2) is 44.1 Å². The van der Waals surface area contributed by atoms with Gasteiger partial charge in [0.25, 0.3) is 0 Å². The van der Waals surface area contributed by atoms with Crippen molar-refractivity contribution in [3.8, 4) is 5.75 Å². The fraction of sp³-hybridized carbons (Fsp3) is 0.562. The molecule has 21 heavy (non-hydrogen) atoms. The lowest BCUT2D eigenvalue weighted by Crippen LogP contribution is -2.40. The second kappa shape index (κ2) is 6.24. The Morgan fingerprint density at radius 3 is 3.19 bits per heavy atom. The van der Waals surface area contributed by atoms with Crippen LogP contribution in [-0.2, 0) is 11.2 Å². The Morgan fingerprint density at radius 1 is 1.52 bits per heavy atom. The average Bonchev–Trinajstić information content (AvgIpc) is 2.94. The first-order chi connectivity index (χ1) is 10.2. The molecule has 1 fully saturated rings. The minimum Gasteiger partial charge on any atom is -0.492 e. The summed E-state index contributed by atoms with van der Waals surface area (Å²) in [5.74, 6) is 1.58. The van der Waals surface area contributed by atoms with Gasteiger partial charge in [-0.25, -0.2) is 0 Å². The number of halogens is 1. The summed E-state index contributed by atoms with van der Waals surface area (Å²) in [7, 11) is 1.96. The predicted octanol–water partition coefficient (Wildman–Crippen LogP) is 1.96. The first kappa shape index (κ1) is 14.7. The van der Waals surface area contributed by atoms with Gasteiger partial charge in [-0.15, -0.1) is 0 Å². The highest BCUT2D eigenvalue weighted by atomic mass is 35.5. The molecule has 1 aromatic carbocycles. The zero-order valence-electron chi connectivity index (χ0n) is 12.3. The molecule has 3 rings (SSSR count). The first-order valence-corrected chi connectivity index (χ1v) is 7.89. The minimum absolute atomic E-state index is 0.0793. The van der Waals surface area contributed by atoms with E-state index in [2.05, 4.69) is 5.32 Å². The standard InChI is InChI=1S/C16H21ClN2O2/c1-18-8-11-4-5-19(9-11)16(20)13-6-12-7-14(17)2-3-15(12)21-10-13/h2-3,7,11,13,18H,4-6,8-10H2,1H3/t11-,13-/m1/s1. The van der Waals surface area contributed by atoms with E-state index in [1.165, 1.54) is 0 Å². The topological polar surface area (TPSA) is 41.6 Å². The van der Waals surface area contributed by atoms with E-state index in [0.717, 1.165) is 43.8 Å². The van der Waals surface area contributed by atoms with Crippen LogP contribution in [0.4, 0.5) is 0 Å². The summed E-state index contributed by atoms with van der Waals surface area (Å²) >= 11 is 6.03. The van der Waals surface area contributed by atoms with Gasteiger partial charge in [0.2, 0.25) is 5.91 Å². The highest BCUT2D eigenvalue weighted by Crippen LogP contribution is 2.31. The lowest BCUT2D eigenvalue weighted by atomic mass is 9.95. The SMILES string of the molecule is CNC[C@H]1CCN(C(=O)[C@H]2COc3ccc(Cl)cc3C2)C1. The maximum Gasteiger partial charge on any atom is 0.229 e. The van der Waals surface area contributed by atoms with Crippen LogP contribution in [0.3, 0.4) is 0 Å². The Hall–Kier alpha value is -1.26. The second-order valence-electron chi connectivity index (χ2n) is 5.96. The number of likely N-dealkylation sites (tertiary alicyclic amines) is 1. The number of benzene rings is 1. The molecule has 0 aliphatic carbocycles. The molecule has 2 aliphatic rings. The van der Waals surface area contributed by atoms with Crippen LogP contribution in [0.2, 0.25) is 5.02 Å². The van der Waals surface area contributed by atoms with Gasteiger partial charge in [-0.3, -0.25) is 4.79 Å². The second-order valence-corrected chi connectivity index (χ2v) is 6.40. The van der Waals surface area contributed by atoms with E-state index in [-0.39, 0.29) is 11.8 Å². The summed E-state index contributed by atoms with van der Waals surface area (Å²) in [5.41, 5.74) is 1.04. The molecule has 1 aromatic rings. The monoisotopic (exact) mass is 308 g/mol. The van der Waals surface area contributed by atoms with Gasteiger partial charge in [-0.2, -0.15) is 0 Å². The third kappa shape index (κ3) is 3.16. The van der Waals surface area contributed by atoms with E-state index < -0.39 is 0 Å². The molecule has 5 heteroatoms. The Morgan fingerprint density at radius 2 is 2.38 bits per heavy atom. The van der Waals surface area contributed by atoms with E-state index in [1.54, 1.807) is 0 Å². The number of amides is 1. The number of hydrogen-bond acceptors (Lipinski definition) is 3. The molecule has 1 amide bonds. The lowest BCUT2D eigenvalue weighted by Gasteiger charge is -2.28. The molecule has 114 valence electrons. The summed E-state index contributed by atoms with van der Waals surface area (Å²) < 4.78 is 5.73. The number of fused-ring (bicyclic) bond motifs is 1. The zero-order valence-corrected chi connectivity index (χ0v) is 13.0. The predicted molar refractivity (Wildman–Crippen MR) is 82.8 cm³/mol. The Bertz CT molecular complexity index is 535. The van der Waals surface area contributed by atoms with Crippen molar-refractivity contribution in [2.75, 3.05) is 33.3 Å². The van der Waals surface area contributed by atoms with Gasteiger partial charge >= 0.3 is 0 Å². The van der Waals surface area contributed by atoms with Gasteiger partial charge in [0.1, 0.15) is 12.4 Å². The van der Waals surface area contributed by atoms with E-state index in [9.17, 15) is 4.79 Å². The average molecular weight is 309 g/mol. The van der Waals surface area contributed by atoms with Crippen LogP contribution in [0, 0.1) is 11.8 Å². The largest absolute Gasteiger partial charge is 0.492 e. The van der Waals surface area contributed by atoms with Gasteiger partial charge in [-0.1, -0.05) is 11.6 Å². The zero-order chi connectivity index (χ0) is 14.8. The van der Waals surface area contributed by atoms with Crippen molar-refractivity contribution in [2.45, 2.75) is 12.8 Å². The third-order valence-corrected chi connectivity index (χ3v) is 4.60. The Labute approximate surface area is 130 Å². The summed E-state index contributed by atoms with van der Waals surface area (Å²) in [6.07, 6.45) is 1.81. The summed E-state index contributed by atoms with van der Waals surface area (Å²) in [5, 5.41) is 3.89. The molecule has 2 atom stereocenters. The van der Waals surface area contributed by atoms with Gasteiger partial charge in [0, 0.05) is 18.1 Å². The molecule has 0 saturated carbocycles. The highest BCUT2D eigenvalue weighted by Gasteiger charge is 2.33. The maximum absolute atomic E-state index is 12.6. The molecule has 0 unspecified atom stereocenters. The summed E-state index contributed by atoms with van der Waals surface area (Å²) in [4.78, 5) is 14.6. The summed E-state index contributed by atoms with van der Waals surface area (Å²) in [6.45, 7) is 3.17. The number of nitrogens with zero attached hydrogens (tertiary/aromatic N) is 1. The van der Waals surface area contributed by atoms with E-state index in [1.807, 2.05) is 30.1 Å². The van der Waals surface area contributed by atoms with Crippen molar-refractivity contribution >= 4 is 17.5 Å². The quantitative estimate of drug-likeness (QED) is 0.928. The van der Waals surface area contributed by atoms with Gasteiger partial charge in [-0.05, 0) is 56.1 Å².